The molecule has 0 aromatic heterocycles. The Hall–Kier alpha value is -4.63. The van der Waals surface area contributed by atoms with Crippen LogP contribution in [0.2, 0.25) is 0 Å². The standard InChI is InChI=1S/C34H37N3O5S/c1-4-22-35-34(39)27(3)36(24-28-13-11-12-26(2)23-28)33(38)25-37(43(40,41)32-16-9-6-10-17-32)29-18-20-31(21-19-29)42-30-14-7-5-8-15-30/h5-21,23,27H,4,22,24-25H2,1-3H3,(H,35,39)/t27-/m0/s1. The highest BCUT2D eigenvalue weighted by Gasteiger charge is 2.32. The minimum atomic E-state index is -4.15. The molecule has 1 atom stereocenters. The van der Waals surface area contributed by atoms with Crippen molar-refractivity contribution in [3.63, 3.8) is 0 Å². The van der Waals surface area contributed by atoms with Crippen molar-refractivity contribution >= 4 is 27.5 Å². The first-order valence-electron chi connectivity index (χ1n) is 14.2. The van der Waals surface area contributed by atoms with Gasteiger partial charge in [-0.15, -0.1) is 0 Å². The van der Waals surface area contributed by atoms with Gasteiger partial charge in [0.15, 0.2) is 0 Å². The van der Waals surface area contributed by atoms with Crippen LogP contribution in [0.1, 0.15) is 31.4 Å². The predicted molar refractivity (Wildman–Crippen MR) is 168 cm³/mol. The lowest BCUT2D eigenvalue weighted by atomic mass is 10.1. The molecular formula is C34H37N3O5S. The van der Waals surface area contributed by atoms with Gasteiger partial charge in [-0.25, -0.2) is 8.42 Å². The van der Waals surface area contributed by atoms with E-state index in [-0.39, 0.29) is 23.0 Å². The highest BCUT2D eigenvalue weighted by Crippen LogP contribution is 2.28. The molecule has 0 saturated carbocycles. The molecule has 2 amide bonds. The summed E-state index contributed by atoms with van der Waals surface area (Å²) >= 11 is 0. The molecule has 9 heteroatoms. The Morgan fingerprint density at radius 1 is 0.837 bits per heavy atom. The van der Waals surface area contributed by atoms with E-state index in [1.54, 1.807) is 49.4 Å². The van der Waals surface area contributed by atoms with E-state index in [9.17, 15) is 18.0 Å². The Bertz CT molecular complexity index is 1610. The van der Waals surface area contributed by atoms with Gasteiger partial charge in [-0.05, 0) is 74.4 Å². The second-order valence-corrected chi connectivity index (χ2v) is 12.1. The van der Waals surface area contributed by atoms with Gasteiger partial charge < -0.3 is 15.0 Å². The Balaban J connectivity index is 1.68. The van der Waals surface area contributed by atoms with Crippen molar-refractivity contribution < 1.29 is 22.7 Å². The van der Waals surface area contributed by atoms with Gasteiger partial charge in [-0.1, -0.05) is 73.2 Å². The number of carbonyl (C=O) groups excluding carboxylic acids is 2. The molecule has 0 spiro atoms. The van der Waals surface area contributed by atoms with E-state index in [1.165, 1.54) is 17.0 Å². The first-order valence-corrected chi connectivity index (χ1v) is 15.7. The summed E-state index contributed by atoms with van der Waals surface area (Å²) in [7, 11) is -4.15. The Kier molecular flexibility index (Phi) is 10.6. The molecule has 0 unspecified atom stereocenters. The molecule has 0 saturated heterocycles. The van der Waals surface area contributed by atoms with E-state index in [0.717, 1.165) is 21.9 Å². The zero-order valence-electron chi connectivity index (χ0n) is 24.6. The van der Waals surface area contributed by atoms with Crippen LogP contribution in [-0.2, 0) is 26.2 Å². The molecule has 1 N–H and O–H groups in total. The monoisotopic (exact) mass is 599 g/mol. The zero-order valence-corrected chi connectivity index (χ0v) is 25.5. The average molecular weight is 600 g/mol. The third-order valence-electron chi connectivity index (χ3n) is 6.87. The molecule has 0 bridgehead atoms. The second kappa shape index (κ2) is 14.5. The lowest BCUT2D eigenvalue weighted by molar-refractivity contribution is -0.139. The van der Waals surface area contributed by atoms with Crippen LogP contribution in [-0.4, -0.2) is 44.3 Å². The third kappa shape index (κ3) is 8.23. The van der Waals surface area contributed by atoms with E-state index in [0.29, 0.717) is 18.0 Å². The molecule has 0 aliphatic carbocycles. The Labute approximate surface area is 254 Å². The lowest BCUT2D eigenvalue weighted by Gasteiger charge is -2.32. The van der Waals surface area contributed by atoms with Crippen LogP contribution in [0.3, 0.4) is 0 Å². The number of benzene rings is 4. The van der Waals surface area contributed by atoms with Crippen molar-refractivity contribution in [2.75, 3.05) is 17.4 Å². The maximum atomic E-state index is 14.0. The maximum Gasteiger partial charge on any atom is 0.264 e. The number of para-hydroxylation sites is 1. The molecule has 0 heterocycles. The molecule has 4 rings (SSSR count). The maximum absolute atomic E-state index is 14.0. The van der Waals surface area contributed by atoms with Gasteiger partial charge >= 0.3 is 0 Å². The fourth-order valence-electron chi connectivity index (χ4n) is 4.54. The summed E-state index contributed by atoms with van der Waals surface area (Å²) in [6.07, 6.45) is 0.747. The molecule has 43 heavy (non-hydrogen) atoms. The summed E-state index contributed by atoms with van der Waals surface area (Å²) in [5.41, 5.74) is 2.14. The van der Waals surface area contributed by atoms with E-state index in [2.05, 4.69) is 5.32 Å². The summed E-state index contributed by atoms with van der Waals surface area (Å²) < 4.78 is 34.9. The van der Waals surface area contributed by atoms with Crippen LogP contribution in [0.5, 0.6) is 11.5 Å². The van der Waals surface area contributed by atoms with Crippen LogP contribution in [0.4, 0.5) is 5.69 Å². The molecule has 4 aromatic carbocycles. The number of rotatable bonds is 13. The Morgan fingerprint density at radius 3 is 2.09 bits per heavy atom. The van der Waals surface area contributed by atoms with Gasteiger partial charge in [0.1, 0.15) is 24.1 Å². The number of ether oxygens (including phenoxy) is 1. The van der Waals surface area contributed by atoms with Gasteiger partial charge in [0.2, 0.25) is 11.8 Å². The fraction of sp³-hybridized carbons (Fsp3) is 0.235. The quantitative estimate of drug-likeness (QED) is 0.206. The zero-order chi connectivity index (χ0) is 30.8. The normalized spacial score (nSPS) is 11.8. The van der Waals surface area contributed by atoms with Crippen molar-refractivity contribution in [1.82, 2.24) is 10.2 Å². The van der Waals surface area contributed by atoms with Gasteiger partial charge in [-0.3, -0.25) is 13.9 Å². The molecule has 224 valence electrons. The highest BCUT2D eigenvalue weighted by atomic mass is 32.2. The van der Waals surface area contributed by atoms with Crippen LogP contribution in [0, 0.1) is 6.92 Å². The van der Waals surface area contributed by atoms with Gasteiger partial charge in [-0.2, -0.15) is 0 Å². The number of hydrogen-bond acceptors (Lipinski definition) is 5. The fourth-order valence-corrected chi connectivity index (χ4v) is 5.97. The minimum Gasteiger partial charge on any atom is -0.457 e. The van der Waals surface area contributed by atoms with E-state index >= 15 is 0 Å². The van der Waals surface area contributed by atoms with Crippen LogP contribution in [0.15, 0.2) is 114 Å². The summed E-state index contributed by atoms with van der Waals surface area (Å²) in [5.74, 6) is 0.342. The van der Waals surface area contributed by atoms with E-state index in [4.69, 9.17) is 4.74 Å². The summed E-state index contributed by atoms with van der Waals surface area (Å²) in [4.78, 5) is 28.5. The molecule has 0 aliphatic rings. The first-order chi connectivity index (χ1) is 20.7. The van der Waals surface area contributed by atoms with E-state index in [1.807, 2.05) is 68.4 Å². The SMILES string of the molecule is CCCNC(=O)[C@H](C)N(Cc1cccc(C)c1)C(=O)CN(c1ccc(Oc2ccccc2)cc1)S(=O)(=O)c1ccccc1. The van der Waals surface area contributed by atoms with Crippen LogP contribution in [0.25, 0.3) is 0 Å². The number of aryl methyl sites for hydroxylation is 1. The van der Waals surface area contributed by atoms with Crippen LogP contribution < -0.4 is 14.4 Å². The van der Waals surface area contributed by atoms with Gasteiger partial charge in [0, 0.05) is 13.1 Å². The number of amides is 2. The van der Waals surface area contributed by atoms with Crippen molar-refractivity contribution in [2.45, 2.75) is 44.7 Å². The van der Waals surface area contributed by atoms with E-state index < -0.39 is 28.5 Å². The summed E-state index contributed by atoms with van der Waals surface area (Å²) in [6, 6.07) is 30.6. The number of sulfonamides is 1. The number of nitrogens with one attached hydrogen (secondary N) is 1. The number of nitrogens with zero attached hydrogens (tertiary/aromatic N) is 2. The number of anilines is 1. The molecule has 4 aromatic rings. The minimum absolute atomic E-state index is 0.0476. The third-order valence-corrected chi connectivity index (χ3v) is 8.65. The van der Waals surface area contributed by atoms with Gasteiger partial charge in [0.25, 0.3) is 10.0 Å². The number of hydrogen-bond donors (Lipinski definition) is 1. The van der Waals surface area contributed by atoms with Gasteiger partial charge in [0.05, 0.1) is 10.6 Å². The van der Waals surface area contributed by atoms with Crippen molar-refractivity contribution in [3.8, 4) is 11.5 Å². The highest BCUT2D eigenvalue weighted by molar-refractivity contribution is 7.92. The second-order valence-electron chi connectivity index (χ2n) is 10.2. The average Bonchev–Trinajstić information content (AvgIpc) is 3.02. The smallest absolute Gasteiger partial charge is 0.264 e. The van der Waals surface area contributed by atoms with Crippen LogP contribution >= 0.6 is 0 Å². The number of carbonyl (C=O) groups is 2. The lowest BCUT2D eigenvalue weighted by Crippen LogP contribution is -2.51. The van der Waals surface area contributed by atoms with Crippen molar-refractivity contribution in [3.05, 3.63) is 120 Å². The molecule has 0 radical (unpaired) electrons. The Morgan fingerprint density at radius 2 is 1.47 bits per heavy atom. The topological polar surface area (TPSA) is 96.0 Å². The molecular weight excluding hydrogens is 562 g/mol. The molecule has 0 aliphatic heterocycles. The summed E-state index contributed by atoms with van der Waals surface area (Å²) in [5, 5.41) is 2.85. The predicted octanol–water partition coefficient (Wildman–Crippen LogP) is 5.93. The summed E-state index contributed by atoms with van der Waals surface area (Å²) in [6.45, 7) is 5.67. The molecule has 8 nitrogen and oxygen atoms in total. The largest absolute Gasteiger partial charge is 0.457 e. The van der Waals surface area contributed by atoms with Crippen molar-refractivity contribution in [2.24, 2.45) is 0 Å². The first kappa shape index (κ1) is 31.3. The van der Waals surface area contributed by atoms with Crippen molar-refractivity contribution in [1.29, 1.82) is 0 Å². The molecule has 0 fully saturated rings.